The normalized spacial score (nSPS) is 17.6. The topological polar surface area (TPSA) is 119 Å². The van der Waals surface area contributed by atoms with Crippen molar-refractivity contribution in [2.24, 2.45) is 0 Å². The predicted molar refractivity (Wildman–Crippen MR) is 94.1 cm³/mol. The summed E-state index contributed by atoms with van der Waals surface area (Å²) in [4.78, 5) is 25.5. The van der Waals surface area contributed by atoms with Crippen LogP contribution in [0.2, 0.25) is 0 Å². The minimum Gasteiger partial charge on any atom is -0.508 e. The number of hydrogen-bond acceptors (Lipinski definition) is 6. The van der Waals surface area contributed by atoms with E-state index in [-0.39, 0.29) is 28.5 Å². The summed E-state index contributed by atoms with van der Waals surface area (Å²) in [5.74, 6) is -1.80. The molecule has 0 saturated carbocycles. The zero-order valence-electron chi connectivity index (χ0n) is 14.0. The van der Waals surface area contributed by atoms with Crippen molar-refractivity contribution in [3.8, 4) is 17.2 Å². The second-order valence-corrected chi connectivity index (χ2v) is 6.22. The number of phenols is 3. The van der Waals surface area contributed by atoms with Crippen molar-refractivity contribution < 1.29 is 24.9 Å². The molecule has 0 radical (unpaired) electrons. The van der Waals surface area contributed by atoms with Gasteiger partial charge in [-0.2, -0.15) is 0 Å². The van der Waals surface area contributed by atoms with E-state index in [1.807, 2.05) is 0 Å². The second-order valence-electron chi connectivity index (χ2n) is 6.22. The van der Waals surface area contributed by atoms with E-state index in [1.165, 1.54) is 42.5 Å². The molecule has 7 heteroatoms. The second kappa shape index (κ2) is 7.45. The zero-order valence-corrected chi connectivity index (χ0v) is 14.0. The summed E-state index contributed by atoms with van der Waals surface area (Å²) < 4.78 is 0. The van der Waals surface area contributed by atoms with Gasteiger partial charge in [-0.1, -0.05) is 24.3 Å². The Morgan fingerprint density at radius 1 is 1.12 bits per heavy atom. The number of phenolic OH excluding ortho intramolecular Hbond substituents is 3. The molecule has 0 aromatic heterocycles. The summed E-state index contributed by atoms with van der Waals surface area (Å²) in [7, 11) is 0. The Labute approximate surface area is 150 Å². The lowest BCUT2D eigenvalue weighted by atomic mass is 9.95. The smallest absolute Gasteiger partial charge is 0.237 e. The van der Waals surface area contributed by atoms with Gasteiger partial charge in [-0.15, -0.1) is 0 Å². The number of Topliss-reactive ketones (excluding diaryl/α,β-unsaturated/α-hetero) is 1. The summed E-state index contributed by atoms with van der Waals surface area (Å²) in [6.07, 6.45) is 1.52. The van der Waals surface area contributed by atoms with Gasteiger partial charge in [0.1, 0.15) is 11.8 Å². The fraction of sp³-hybridized carbons (Fsp3) is 0.263. The van der Waals surface area contributed by atoms with Crippen LogP contribution >= 0.6 is 0 Å². The van der Waals surface area contributed by atoms with Crippen molar-refractivity contribution in [3.63, 3.8) is 0 Å². The van der Waals surface area contributed by atoms with Crippen LogP contribution in [0.5, 0.6) is 17.2 Å². The first-order valence-electron chi connectivity index (χ1n) is 8.35. The standard InChI is InChI=1S/C19H20N2O5/c22-12-5-1-4-11(10-12)17(24)16(13-6-2-8-15(23)18(13)25)21-19(26)14-7-3-9-20-14/h1-2,4-6,8,10,14,16,20,22-23,25H,3,7,9H2,(H,21,26)/t14-,16-/m1/s1. The average molecular weight is 356 g/mol. The van der Waals surface area contributed by atoms with E-state index in [9.17, 15) is 24.9 Å². The number of carbonyl (C=O) groups excluding carboxylic acids is 2. The zero-order chi connectivity index (χ0) is 18.7. The van der Waals surface area contributed by atoms with Crippen LogP contribution in [0.15, 0.2) is 42.5 Å². The van der Waals surface area contributed by atoms with Gasteiger partial charge in [0, 0.05) is 11.1 Å². The van der Waals surface area contributed by atoms with Crippen molar-refractivity contribution in [2.45, 2.75) is 24.9 Å². The van der Waals surface area contributed by atoms with Crippen LogP contribution in [0.3, 0.4) is 0 Å². The van der Waals surface area contributed by atoms with Gasteiger partial charge in [-0.05, 0) is 37.6 Å². The molecular weight excluding hydrogens is 336 g/mol. The van der Waals surface area contributed by atoms with E-state index >= 15 is 0 Å². The number of ketones is 1. The van der Waals surface area contributed by atoms with Crippen LogP contribution in [0, 0.1) is 0 Å². The Morgan fingerprint density at radius 3 is 2.58 bits per heavy atom. The number of rotatable bonds is 5. The number of amides is 1. The van der Waals surface area contributed by atoms with Crippen LogP contribution in [-0.4, -0.2) is 39.6 Å². The van der Waals surface area contributed by atoms with Gasteiger partial charge in [0.25, 0.3) is 0 Å². The molecule has 7 nitrogen and oxygen atoms in total. The summed E-state index contributed by atoms with van der Waals surface area (Å²) in [6, 6.07) is 8.36. The van der Waals surface area contributed by atoms with Gasteiger partial charge >= 0.3 is 0 Å². The first-order chi connectivity index (χ1) is 12.5. The van der Waals surface area contributed by atoms with Gasteiger partial charge in [-0.25, -0.2) is 0 Å². The maximum absolute atomic E-state index is 13.0. The van der Waals surface area contributed by atoms with E-state index in [1.54, 1.807) is 0 Å². The molecule has 136 valence electrons. The van der Waals surface area contributed by atoms with E-state index in [4.69, 9.17) is 0 Å². The summed E-state index contributed by atoms with van der Waals surface area (Å²) >= 11 is 0. The van der Waals surface area contributed by atoms with Gasteiger partial charge in [-0.3, -0.25) is 9.59 Å². The number of hydrogen-bond donors (Lipinski definition) is 5. The molecule has 1 amide bonds. The quantitative estimate of drug-likeness (QED) is 0.410. The fourth-order valence-electron chi connectivity index (χ4n) is 3.04. The highest BCUT2D eigenvalue weighted by molar-refractivity contribution is 6.03. The van der Waals surface area contributed by atoms with Crippen molar-refractivity contribution in [2.75, 3.05) is 6.54 Å². The Morgan fingerprint density at radius 2 is 1.88 bits per heavy atom. The Bertz CT molecular complexity index is 830. The lowest BCUT2D eigenvalue weighted by molar-refractivity contribution is -0.123. The molecule has 2 aromatic carbocycles. The highest BCUT2D eigenvalue weighted by Crippen LogP contribution is 2.34. The lowest BCUT2D eigenvalue weighted by Crippen LogP contribution is -2.44. The molecule has 1 fully saturated rings. The molecule has 0 bridgehead atoms. The Hall–Kier alpha value is -3.06. The number of para-hydroxylation sites is 1. The molecule has 3 rings (SSSR count). The molecular formula is C19H20N2O5. The third-order valence-corrected chi connectivity index (χ3v) is 4.41. The predicted octanol–water partition coefficient (Wildman–Crippen LogP) is 1.60. The summed E-state index contributed by atoms with van der Waals surface area (Å²) in [5, 5.41) is 35.3. The maximum atomic E-state index is 13.0. The van der Waals surface area contributed by atoms with Crippen molar-refractivity contribution in [1.29, 1.82) is 0 Å². The first kappa shape index (κ1) is 17.8. The molecule has 1 saturated heterocycles. The van der Waals surface area contributed by atoms with Crippen LogP contribution in [-0.2, 0) is 4.79 Å². The molecule has 1 heterocycles. The lowest BCUT2D eigenvalue weighted by Gasteiger charge is -2.21. The SMILES string of the molecule is O=C(N[C@@H](C(=O)c1cccc(O)c1)c1cccc(O)c1O)[C@H]1CCCN1. The van der Waals surface area contributed by atoms with Crippen molar-refractivity contribution in [3.05, 3.63) is 53.6 Å². The molecule has 1 aliphatic rings. The molecule has 1 aliphatic heterocycles. The Balaban J connectivity index is 1.96. The Kier molecular flexibility index (Phi) is 5.09. The molecule has 2 aromatic rings. The van der Waals surface area contributed by atoms with Gasteiger partial charge in [0.15, 0.2) is 17.3 Å². The number of carbonyl (C=O) groups is 2. The van der Waals surface area contributed by atoms with Gasteiger partial charge < -0.3 is 26.0 Å². The average Bonchev–Trinajstić information content (AvgIpc) is 3.16. The van der Waals surface area contributed by atoms with Gasteiger partial charge in [0.05, 0.1) is 6.04 Å². The van der Waals surface area contributed by atoms with Crippen molar-refractivity contribution >= 4 is 11.7 Å². The van der Waals surface area contributed by atoms with E-state index in [0.29, 0.717) is 6.42 Å². The highest BCUT2D eigenvalue weighted by atomic mass is 16.3. The number of nitrogens with one attached hydrogen (secondary N) is 2. The van der Waals surface area contributed by atoms with E-state index in [2.05, 4.69) is 10.6 Å². The number of aromatic hydroxyl groups is 3. The molecule has 0 aliphatic carbocycles. The minimum absolute atomic E-state index is 0.0847. The third kappa shape index (κ3) is 3.62. The largest absolute Gasteiger partial charge is 0.508 e. The molecule has 5 N–H and O–H groups in total. The van der Waals surface area contributed by atoms with Crippen LogP contribution in [0.1, 0.15) is 34.8 Å². The number of benzene rings is 2. The highest BCUT2D eigenvalue weighted by Gasteiger charge is 2.31. The third-order valence-electron chi connectivity index (χ3n) is 4.41. The molecule has 0 spiro atoms. The molecule has 26 heavy (non-hydrogen) atoms. The van der Waals surface area contributed by atoms with E-state index in [0.717, 1.165) is 13.0 Å². The van der Waals surface area contributed by atoms with Crippen molar-refractivity contribution in [1.82, 2.24) is 10.6 Å². The minimum atomic E-state index is -1.20. The molecule has 2 atom stereocenters. The summed E-state index contributed by atoms with van der Waals surface area (Å²) in [6.45, 7) is 0.723. The van der Waals surface area contributed by atoms with Crippen LogP contribution < -0.4 is 10.6 Å². The summed E-state index contributed by atoms with van der Waals surface area (Å²) in [5.41, 5.74) is 0.266. The molecule has 0 unspecified atom stereocenters. The fourth-order valence-corrected chi connectivity index (χ4v) is 3.04. The van der Waals surface area contributed by atoms with E-state index < -0.39 is 23.6 Å². The van der Waals surface area contributed by atoms with Gasteiger partial charge in [0.2, 0.25) is 5.91 Å². The van der Waals surface area contributed by atoms with Crippen LogP contribution in [0.25, 0.3) is 0 Å². The monoisotopic (exact) mass is 356 g/mol. The first-order valence-corrected chi connectivity index (χ1v) is 8.35. The van der Waals surface area contributed by atoms with Crippen LogP contribution in [0.4, 0.5) is 0 Å². The maximum Gasteiger partial charge on any atom is 0.237 e.